The molecule has 0 fully saturated rings. The molecule has 3 aromatic heterocycles. The van der Waals surface area contributed by atoms with Gasteiger partial charge in [-0.25, -0.2) is 14.5 Å². The largest absolute Gasteiger partial charge is 0.319 e. The van der Waals surface area contributed by atoms with Gasteiger partial charge in [0, 0.05) is 10.6 Å². The van der Waals surface area contributed by atoms with Gasteiger partial charge < -0.3 is 5.32 Å². The van der Waals surface area contributed by atoms with Crippen LogP contribution in [-0.4, -0.2) is 25.5 Å². The second-order valence-corrected chi connectivity index (χ2v) is 8.20. The van der Waals surface area contributed by atoms with Crippen molar-refractivity contribution < 1.29 is 4.79 Å². The molecule has 0 saturated carbocycles. The summed E-state index contributed by atoms with van der Waals surface area (Å²) in [6.45, 7) is 4.01. The average molecular weight is 377 g/mol. The molecule has 1 aliphatic rings. The molecule has 1 N–H and O–H groups in total. The van der Waals surface area contributed by atoms with Gasteiger partial charge in [0.05, 0.1) is 5.39 Å². The molecule has 0 radical (unpaired) electrons. The van der Waals surface area contributed by atoms with Crippen molar-refractivity contribution in [1.29, 1.82) is 0 Å². The van der Waals surface area contributed by atoms with Crippen LogP contribution in [0, 0.1) is 13.8 Å². The normalized spacial score (nSPS) is 13.9. The number of carbonyl (C=O) groups excluding carboxylic acids is 1. The summed E-state index contributed by atoms with van der Waals surface area (Å²) in [5.74, 6) is -0.136. The number of amides is 1. The quantitative estimate of drug-likeness (QED) is 0.571. The van der Waals surface area contributed by atoms with E-state index in [1.807, 2.05) is 32.0 Å². The minimum atomic E-state index is -0.303. The highest BCUT2D eigenvalue weighted by atomic mass is 32.1. The number of carbonyl (C=O) groups is 1. The first-order valence-electron chi connectivity index (χ1n) is 9.14. The lowest BCUT2D eigenvalue weighted by atomic mass is 9.97. The predicted octanol–water partition coefficient (Wildman–Crippen LogP) is 4.09. The monoisotopic (exact) mass is 377 g/mol. The van der Waals surface area contributed by atoms with E-state index < -0.39 is 0 Å². The molecule has 0 aliphatic heterocycles. The van der Waals surface area contributed by atoms with Crippen LogP contribution in [0.4, 0.5) is 5.69 Å². The van der Waals surface area contributed by atoms with Crippen LogP contribution >= 0.6 is 11.3 Å². The molecule has 7 heteroatoms. The smallest absolute Gasteiger partial charge is 0.295 e. The SMILES string of the molecule is Cc1ccc(NC(=O)c2nc3c4c5c(sc4ncn3n2)CCCC5)c(C)c1. The summed E-state index contributed by atoms with van der Waals surface area (Å²) >= 11 is 1.75. The number of nitrogens with one attached hydrogen (secondary N) is 1. The molecular formula is C20H19N5OS. The van der Waals surface area contributed by atoms with Gasteiger partial charge in [-0.05, 0) is 56.7 Å². The van der Waals surface area contributed by atoms with E-state index in [2.05, 4.69) is 20.4 Å². The molecule has 1 aromatic carbocycles. The van der Waals surface area contributed by atoms with E-state index in [9.17, 15) is 4.79 Å². The minimum Gasteiger partial charge on any atom is -0.319 e. The third kappa shape index (κ3) is 2.70. The molecule has 5 rings (SSSR count). The summed E-state index contributed by atoms with van der Waals surface area (Å²) in [7, 11) is 0. The topological polar surface area (TPSA) is 72.2 Å². The Balaban J connectivity index is 1.57. The Morgan fingerprint density at radius 1 is 1.22 bits per heavy atom. The van der Waals surface area contributed by atoms with Crippen LogP contribution in [0.5, 0.6) is 0 Å². The van der Waals surface area contributed by atoms with Gasteiger partial charge in [-0.2, -0.15) is 0 Å². The predicted molar refractivity (Wildman–Crippen MR) is 107 cm³/mol. The van der Waals surface area contributed by atoms with Crippen LogP contribution in [-0.2, 0) is 12.8 Å². The fourth-order valence-corrected chi connectivity index (χ4v) is 5.01. The number of anilines is 1. The number of aromatic nitrogens is 4. The van der Waals surface area contributed by atoms with Gasteiger partial charge in [0.15, 0.2) is 5.65 Å². The fraction of sp³-hybridized carbons (Fsp3) is 0.300. The minimum absolute atomic E-state index is 0.167. The highest BCUT2D eigenvalue weighted by Crippen LogP contribution is 2.36. The van der Waals surface area contributed by atoms with E-state index in [-0.39, 0.29) is 11.7 Å². The lowest BCUT2D eigenvalue weighted by molar-refractivity contribution is 0.101. The summed E-state index contributed by atoms with van der Waals surface area (Å²) in [6.07, 6.45) is 6.23. The Kier molecular flexibility index (Phi) is 3.72. The van der Waals surface area contributed by atoms with Gasteiger partial charge in [0.25, 0.3) is 5.91 Å². The Morgan fingerprint density at radius 3 is 2.93 bits per heavy atom. The molecule has 0 atom stereocenters. The molecule has 6 nitrogen and oxygen atoms in total. The number of fused-ring (bicyclic) bond motifs is 5. The summed E-state index contributed by atoms with van der Waals surface area (Å²) in [5, 5.41) is 8.36. The van der Waals surface area contributed by atoms with Crippen molar-refractivity contribution in [3.05, 3.63) is 51.9 Å². The molecule has 136 valence electrons. The number of benzene rings is 1. The average Bonchev–Trinajstić information content (AvgIpc) is 3.24. The van der Waals surface area contributed by atoms with Gasteiger partial charge >= 0.3 is 0 Å². The van der Waals surface area contributed by atoms with Gasteiger partial charge in [-0.1, -0.05) is 17.7 Å². The number of thiophene rings is 1. The van der Waals surface area contributed by atoms with E-state index in [4.69, 9.17) is 0 Å². The van der Waals surface area contributed by atoms with Crippen molar-refractivity contribution in [1.82, 2.24) is 19.6 Å². The second-order valence-electron chi connectivity index (χ2n) is 7.11. The third-order valence-electron chi connectivity index (χ3n) is 5.13. The molecule has 3 heterocycles. The van der Waals surface area contributed by atoms with E-state index in [1.165, 1.54) is 23.3 Å². The van der Waals surface area contributed by atoms with Crippen LogP contribution in [0.15, 0.2) is 24.5 Å². The van der Waals surface area contributed by atoms with E-state index in [0.717, 1.165) is 45.5 Å². The highest BCUT2D eigenvalue weighted by molar-refractivity contribution is 7.19. The highest BCUT2D eigenvalue weighted by Gasteiger charge is 2.22. The Bertz CT molecular complexity index is 1210. The van der Waals surface area contributed by atoms with Crippen molar-refractivity contribution in [3.63, 3.8) is 0 Å². The first-order valence-corrected chi connectivity index (χ1v) is 9.96. The number of hydrogen-bond donors (Lipinski definition) is 1. The maximum Gasteiger partial charge on any atom is 0.295 e. The van der Waals surface area contributed by atoms with Crippen molar-refractivity contribution in [2.24, 2.45) is 0 Å². The summed E-state index contributed by atoms with van der Waals surface area (Å²) < 4.78 is 1.63. The number of hydrogen-bond acceptors (Lipinski definition) is 5. The molecule has 4 aromatic rings. The number of aryl methyl sites for hydroxylation is 4. The summed E-state index contributed by atoms with van der Waals surface area (Å²) in [4.78, 5) is 24.2. The molecule has 27 heavy (non-hydrogen) atoms. The van der Waals surface area contributed by atoms with E-state index >= 15 is 0 Å². The van der Waals surface area contributed by atoms with Gasteiger partial charge in [-0.15, -0.1) is 16.4 Å². The van der Waals surface area contributed by atoms with Gasteiger partial charge in [0.1, 0.15) is 11.2 Å². The Morgan fingerprint density at radius 2 is 2.07 bits per heavy atom. The first kappa shape index (κ1) is 16.4. The standard InChI is InChI=1S/C20H19N5OS/c1-11-7-8-14(12(2)9-11)22-19(26)17-23-18-16-13-5-3-4-6-15(13)27-20(16)21-10-25(18)24-17/h7-10H,3-6H2,1-2H3,(H,22,26). The van der Waals surface area contributed by atoms with Crippen LogP contribution < -0.4 is 5.32 Å². The lowest BCUT2D eigenvalue weighted by Crippen LogP contribution is -2.14. The molecular weight excluding hydrogens is 358 g/mol. The van der Waals surface area contributed by atoms with Crippen LogP contribution in [0.25, 0.3) is 15.9 Å². The molecule has 0 unspecified atom stereocenters. The van der Waals surface area contributed by atoms with Crippen LogP contribution in [0.3, 0.4) is 0 Å². The molecule has 1 amide bonds. The van der Waals surface area contributed by atoms with E-state index in [0.29, 0.717) is 0 Å². The summed E-state index contributed by atoms with van der Waals surface area (Å²) in [5.41, 5.74) is 5.02. The van der Waals surface area contributed by atoms with E-state index in [1.54, 1.807) is 22.2 Å². The fourth-order valence-electron chi connectivity index (χ4n) is 3.78. The van der Waals surface area contributed by atoms with Crippen molar-refractivity contribution >= 4 is 38.8 Å². The molecule has 0 spiro atoms. The molecule has 0 bridgehead atoms. The Labute approximate surface area is 160 Å². The van der Waals surface area contributed by atoms with Crippen LogP contribution in [0.1, 0.15) is 45.0 Å². The first-order chi connectivity index (χ1) is 13.1. The number of nitrogens with zero attached hydrogens (tertiary/aromatic N) is 4. The zero-order valence-corrected chi connectivity index (χ0v) is 16.1. The number of rotatable bonds is 2. The summed E-state index contributed by atoms with van der Waals surface area (Å²) in [6, 6.07) is 5.93. The molecule has 0 saturated heterocycles. The molecule has 1 aliphatic carbocycles. The van der Waals surface area contributed by atoms with Gasteiger partial charge in [-0.3, -0.25) is 4.79 Å². The third-order valence-corrected chi connectivity index (χ3v) is 6.32. The van der Waals surface area contributed by atoms with Crippen molar-refractivity contribution in [2.45, 2.75) is 39.5 Å². The lowest BCUT2D eigenvalue weighted by Gasteiger charge is -2.09. The zero-order chi connectivity index (χ0) is 18.5. The van der Waals surface area contributed by atoms with Gasteiger partial charge in [0.2, 0.25) is 5.82 Å². The zero-order valence-electron chi connectivity index (χ0n) is 15.2. The maximum atomic E-state index is 12.7. The van der Waals surface area contributed by atoms with Crippen LogP contribution in [0.2, 0.25) is 0 Å². The Hall–Kier alpha value is -2.80. The van der Waals surface area contributed by atoms with Crippen molar-refractivity contribution in [2.75, 3.05) is 5.32 Å². The maximum absolute atomic E-state index is 12.7. The second kappa shape index (κ2) is 6.13. The van der Waals surface area contributed by atoms with Crippen molar-refractivity contribution in [3.8, 4) is 0 Å².